The number of aliphatic hydroxyl groups is 1. The third-order valence-electron chi connectivity index (χ3n) is 4.89. The van der Waals surface area contributed by atoms with Gasteiger partial charge in [-0.05, 0) is 31.7 Å². The predicted octanol–water partition coefficient (Wildman–Crippen LogP) is 2.78. The highest BCUT2D eigenvalue weighted by atomic mass is 16.3. The lowest BCUT2D eigenvalue weighted by atomic mass is 9.92. The van der Waals surface area contributed by atoms with Gasteiger partial charge in [-0.1, -0.05) is 32.1 Å². The minimum atomic E-state index is -0.177. The van der Waals surface area contributed by atoms with Crippen molar-refractivity contribution in [3.05, 3.63) is 18.0 Å². The normalized spacial score (nSPS) is 28.6. The minimum absolute atomic E-state index is 0.177. The molecule has 2 fully saturated rings. The van der Waals surface area contributed by atoms with Gasteiger partial charge < -0.3 is 10.4 Å². The maximum Gasteiger partial charge on any atom is 0.0762 e. The van der Waals surface area contributed by atoms with E-state index in [0.29, 0.717) is 6.04 Å². The fraction of sp³-hybridized carbons (Fsp3) is 0.812. The molecule has 4 heteroatoms. The lowest BCUT2D eigenvalue weighted by Crippen LogP contribution is -2.41. The lowest BCUT2D eigenvalue weighted by Gasteiger charge is -2.28. The monoisotopic (exact) mass is 277 g/mol. The van der Waals surface area contributed by atoms with E-state index in [1.165, 1.54) is 38.5 Å². The highest BCUT2D eigenvalue weighted by molar-refractivity contribution is 5.00. The third-order valence-corrected chi connectivity index (χ3v) is 4.89. The van der Waals surface area contributed by atoms with Gasteiger partial charge in [0.2, 0.25) is 0 Å². The van der Waals surface area contributed by atoms with E-state index in [2.05, 4.69) is 22.3 Å². The summed E-state index contributed by atoms with van der Waals surface area (Å²) in [4.78, 5) is 0. The number of rotatable bonds is 4. The van der Waals surface area contributed by atoms with E-state index < -0.39 is 0 Å². The van der Waals surface area contributed by atoms with Crippen molar-refractivity contribution in [3.8, 4) is 0 Å². The number of nitrogens with one attached hydrogen (secondary N) is 1. The van der Waals surface area contributed by atoms with Gasteiger partial charge in [0.05, 0.1) is 17.8 Å². The van der Waals surface area contributed by atoms with Crippen molar-refractivity contribution in [2.75, 3.05) is 0 Å². The summed E-state index contributed by atoms with van der Waals surface area (Å²) in [5.41, 5.74) is 1.10. The Morgan fingerprint density at radius 2 is 1.85 bits per heavy atom. The van der Waals surface area contributed by atoms with Crippen LogP contribution in [0.15, 0.2) is 12.3 Å². The number of hydrogen-bond acceptors (Lipinski definition) is 3. The van der Waals surface area contributed by atoms with Crippen LogP contribution in [0.5, 0.6) is 0 Å². The van der Waals surface area contributed by atoms with Crippen LogP contribution in [0.2, 0.25) is 0 Å². The Bertz CT molecular complexity index is 412. The van der Waals surface area contributed by atoms with Crippen LogP contribution in [0, 0.1) is 0 Å². The number of nitrogens with zero attached hydrogens (tertiary/aromatic N) is 2. The van der Waals surface area contributed by atoms with Gasteiger partial charge in [0, 0.05) is 18.8 Å². The Labute approximate surface area is 121 Å². The summed E-state index contributed by atoms with van der Waals surface area (Å²) in [6.45, 7) is 0.779. The van der Waals surface area contributed by atoms with Gasteiger partial charge in [0.15, 0.2) is 0 Å². The zero-order valence-electron chi connectivity index (χ0n) is 12.3. The molecule has 0 aromatic carbocycles. The van der Waals surface area contributed by atoms with Crippen molar-refractivity contribution < 1.29 is 5.11 Å². The second-order valence-electron chi connectivity index (χ2n) is 6.42. The highest BCUT2D eigenvalue weighted by Gasteiger charge is 2.22. The number of aliphatic hydroxyl groups excluding tert-OH is 1. The SMILES string of the molecule is OC1CCCCC1NCc1ccn(C2CCCCC2)n1. The fourth-order valence-corrected chi connectivity index (χ4v) is 3.61. The Morgan fingerprint density at radius 3 is 2.65 bits per heavy atom. The van der Waals surface area contributed by atoms with Crippen molar-refractivity contribution in [2.24, 2.45) is 0 Å². The topological polar surface area (TPSA) is 50.1 Å². The van der Waals surface area contributed by atoms with E-state index in [-0.39, 0.29) is 12.1 Å². The van der Waals surface area contributed by atoms with Crippen LogP contribution in [0.25, 0.3) is 0 Å². The van der Waals surface area contributed by atoms with Crippen molar-refractivity contribution in [1.29, 1.82) is 0 Å². The first kappa shape index (κ1) is 14.1. The maximum atomic E-state index is 9.97. The smallest absolute Gasteiger partial charge is 0.0762 e. The average molecular weight is 277 g/mol. The molecule has 1 aromatic heterocycles. The molecule has 2 aliphatic carbocycles. The molecule has 20 heavy (non-hydrogen) atoms. The molecule has 0 bridgehead atoms. The van der Waals surface area contributed by atoms with Gasteiger partial charge in [-0.15, -0.1) is 0 Å². The molecule has 2 unspecified atom stereocenters. The standard InChI is InChI=1S/C16H27N3O/c20-16-9-5-4-8-15(16)17-12-13-10-11-19(18-13)14-6-2-1-3-7-14/h10-11,14-17,20H,1-9,12H2. The Hall–Kier alpha value is -0.870. The second kappa shape index (κ2) is 6.72. The van der Waals surface area contributed by atoms with E-state index in [1.807, 2.05) is 0 Å². The second-order valence-corrected chi connectivity index (χ2v) is 6.42. The predicted molar refractivity (Wildman–Crippen MR) is 79.5 cm³/mol. The molecule has 1 aromatic rings. The van der Waals surface area contributed by atoms with Gasteiger partial charge in [-0.2, -0.15) is 5.10 Å². The largest absolute Gasteiger partial charge is 0.392 e. The number of aromatic nitrogens is 2. The molecule has 2 atom stereocenters. The molecule has 0 spiro atoms. The average Bonchev–Trinajstić information content (AvgIpc) is 2.96. The summed E-state index contributed by atoms with van der Waals surface area (Å²) in [5.74, 6) is 0. The Morgan fingerprint density at radius 1 is 1.10 bits per heavy atom. The van der Waals surface area contributed by atoms with E-state index in [0.717, 1.165) is 31.5 Å². The van der Waals surface area contributed by atoms with Gasteiger partial charge in [0.1, 0.15) is 0 Å². The molecule has 0 radical (unpaired) electrons. The Kier molecular flexibility index (Phi) is 4.73. The van der Waals surface area contributed by atoms with Gasteiger partial charge in [0.25, 0.3) is 0 Å². The molecule has 0 aliphatic heterocycles. The molecule has 4 nitrogen and oxygen atoms in total. The molecule has 112 valence electrons. The van der Waals surface area contributed by atoms with Crippen molar-refractivity contribution in [1.82, 2.24) is 15.1 Å². The van der Waals surface area contributed by atoms with Crippen molar-refractivity contribution in [3.63, 3.8) is 0 Å². The van der Waals surface area contributed by atoms with Crippen LogP contribution in [0.1, 0.15) is 69.5 Å². The first-order chi connectivity index (χ1) is 9.83. The molecule has 0 amide bonds. The van der Waals surface area contributed by atoms with Crippen LogP contribution in [0.4, 0.5) is 0 Å². The van der Waals surface area contributed by atoms with Crippen LogP contribution < -0.4 is 5.32 Å². The van der Waals surface area contributed by atoms with Crippen LogP contribution in [-0.2, 0) is 6.54 Å². The summed E-state index contributed by atoms with van der Waals surface area (Å²) in [7, 11) is 0. The van der Waals surface area contributed by atoms with E-state index in [9.17, 15) is 5.11 Å². The van der Waals surface area contributed by atoms with Crippen molar-refractivity contribution in [2.45, 2.75) is 82.5 Å². The maximum absolute atomic E-state index is 9.97. The van der Waals surface area contributed by atoms with E-state index >= 15 is 0 Å². The molecule has 0 saturated heterocycles. The summed E-state index contributed by atoms with van der Waals surface area (Å²) >= 11 is 0. The molecule has 2 N–H and O–H groups in total. The van der Waals surface area contributed by atoms with E-state index in [1.54, 1.807) is 0 Å². The summed E-state index contributed by atoms with van der Waals surface area (Å²) < 4.78 is 2.16. The minimum Gasteiger partial charge on any atom is -0.392 e. The molecule has 2 saturated carbocycles. The molecular weight excluding hydrogens is 250 g/mol. The number of hydrogen-bond donors (Lipinski definition) is 2. The summed E-state index contributed by atoms with van der Waals surface area (Å²) in [5, 5.41) is 18.2. The van der Waals surface area contributed by atoms with Crippen molar-refractivity contribution >= 4 is 0 Å². The zero-order valence-corrected chi connectivity index (χ0v) is 12.3. The first-order valence-corrected chi connectivity index (χ1v) is 8.28. The van der Waals surface area contributed by atoms with Gasteiger partial charge in [-0.25, -0.2) is 0 Å². The van der Waals surface area contributed by atoms with Crippen LogP contribution in [-0.4, -0.2) is 27.0 Å². The van der Waals surface area contributed by atoms with Crippen LogP contribution in [0.3, 0.4) is 0 Å². The van der Waals surface area contributed by atoms with E-state index in [4.69, 9.17) is 5.10 Å². The fourth-order valence-electron chi connectivity index (χ4n) is 3.61. The van der Waals surface area contributed by atoms with Gasteiger partial charge in [-0.3, -0.25) is 4.68 Å². The Balaban J connectivity index is 1.51. The van der Waals surface area contributed by atoms with Gasteiger partial charge >= 0.3 is 0 Å². The molecular formula is C16H27N3O. The summed E-state index contributed by atoms with van der Waals surface area (Å²) in [6, 6.07) is 2.98. The first-order valence-electron chi connectivity index (χ1n) is 8.28. The quantitative estimate of drug-likeness (QED) is 0.889. The molecule has 1 heterocycles. The summed E-state index contributed by atoms with van der Waals surface area (Å²) in [6.07, 6.45) is 13.0. The molecule has 2 aliphatic rings. The third kappa shape index (κ3) is 3.41. The zero-order chi connectivity index (χ0) is 13.8. The lowest BCUT2D eigenvalue weighted by molar-refractivity contribution is 0.0900. The van der Waals surface area contributed by atoms with Crippen LogP contribution >= 0.6 is 0 Å². The highest BCUT2D eigenvalue weighted by Crippen LogP contribution is 2.27. The molecule has 3 rings (SSSR count).